The van der Waals surface area contributed by atoms with Crippen LogP contribution in [0.2, 0.25) is 0 Å². The first-order valence-corrected chi connectivity index (χ1v) is 8.11. The first kappa shape index (κ1) is 16.8. The Labute approximate surface area is 145 Å². The lowest BCUT2D eigenvalue weighted by Gasteiger charge is -2.16. The predicted molar refractivity (Wildman–Crippen MR) is 85.4 cm³/mol. The van der Waals surface area contributed by atoms with Crippen molar-refractivity contribution in [3.63, 3.8) is 0 Å². The molecular weight excluding hydrogens is 384 g/mol. The molecule has 1 amide bonds. The van der Waals surface area contributed by atoms with Crippen LogP contribution in [0.3, 0.4) is 0 Å². The van der Waals surface area contributed by atoms with Crippen LogP contribution in [0.25, 0.3) is 0 Å². The highest BCUT2D eigenvalue weighted by Gasteiger charge is 2.24. The van der Waals surface area contributed by atoms with Gasteiger partial charge in [0.25, 0.3) is 0 Å². The highest BCUT2D eigenvalue weighted by Crippen LogP contribution is 2.27. The van der Waals surface area contributed by atoms with Gasteiger partial charge in [0.15, 0.2) is 0 Å². The number of amides is 1. The maximum absolute atomic E-state index is 12.5. The van der Waals surface area contributed by atoms with Gasteiger partial charge in [0.1, 0.15) is 12.1 Å². The van der Waals surface area contributed by atoms with Gasteiger partial charge >= 0.3 is 6.61 Å². The normalized spacial score (nSPS) is 13.2. The van der Waals surface area contributed by atoms with Gasteiger partial charge in [0.05, 0.1) is 12.2 Å². The molecule has 1 aliphatic heterocycles. The van der Waals surface area contributed by atoms with Gasteiger partial charge in [-0.2, -0.15) is 8.78 Å². The van der Waals surface area contributed by atoms with E-state index in [1.165, 1.54) is 12.4 Å². The molecule has 0 unspecified atom stereocenters. The zero-order chi connectivity index (χ0) is 17.1. The van der Waals surface area contributed by atoms with Gasteiger partial charge < -0.3 is 9.64 Å². The summed E-state index contributed by atoms with van der Waals surface area (Å²) in [4.78, 5) is 22.2. The Kier molecular flexibility index (Phi) is 5.03. The summed E-state index contributed by atoms with van der Waals surface area (Å²) in [6.45, 7) is -1.96. The molecule has 0 N–H and O–H groups in total. The van der Waals surface area contributed by atoms with Crippen LogP contribution in [0.4, 0.5) is 8.78 Å². The molecule has 1 aromatic carbocycles. The largest absolute Gasteiger partial charge is 0.435 e. The zero-order valence-electron chi connectivity index (χ0n) is 12.6. The minimum Gasteiger partial charge on any atom is -0.435 e. The minimum absolute atomic E-state index is 0.0593. The maximum Gasteiger partial charge on any atom is 0.387 e. The van der Waals surface area contributed by atoms with Gasteiger partial charge in [-0.3, -0.25) is 4.79 Å². The Hall–Kier alpha value is -2.09. The van der Waals surface area contributed by atoms with Crippen LogP contribution in [-0.2, 0) is 24.3 Å². The fourth-order valence-electron chi connectivity index (χ4n) is 2.63. The lowest BCUT2D eigenvalue weighted by atomic mass is 10.1. The molecule has 24 heavy (non-hydrogen) atoms. The molecule has 5 nitrogen and oxygen atoms in total. The summed E-state index contributed by atoms with van der Waals surface area (Å²) in [7, 11) is 0. The first-order valence-electron chi connectivity index (χ1n) is 7.31. The summed E-state index contributed by atoms with van der Waals surface area (Å²) in [5, 5.41) is 0. The number of fused-ring (bicyclic) bond motifs is 1. The highest BCUT2D eigenvalue weighted by atomic mass is 79.9. The Balaban J connectivity index is 1.64. The van der Waals surface area contributed by atoms with Gasteiger partial charge in [-0.1, -0.05) is 15.9 Å². The molecule has 0 atom stereocenters. The van der Waals surface area contributed by atoms with E-state index in [1.54, 1.807) is 23.2 Å². The number of hydrogen-bond donors (Lipinski definition) is 0. The Bertz CT molecular complexity index is 733. The van der Waals surface area contributed by atoms with E-state index in [0.717, 1.165) is 15.7 Å². The van der Waals surface area contributed by atoms with E-state index in [9.17, 15) is 13.6 Å². The maximum atomic E-state index is 12.5. The molecule has 0 radical (unpaired) electrons. The van der Waals surface area contributed by atoms with Crippen molar-refractivity contribution >= 4 is 21.8 Å². The Morgan fingerprint density at radius 3 is 2.96 bits per heavy atom. The number of benzene rings is 1. The fraction of sp³-hybridized carbons (Fsp3) is 0.312. The van der Waals surface area contributed by atoms with Crippen LogP contribution in [0.1, 0.15) is 23.2 Å². The predicted octanol–water partition coefficient (Wildman–Crippen LogP) is 3.32. The van der Waals surface area contributed by atoms with E-state index < -0.39 is 6.61 Å². The van der Waals surface area contributed by atoms with Crippen molar-refractivity contribution in [2.45, 2.75) is 32.5 Å². The number of rotatable bonds is 5. The van der Waals surface area contributed by atoms with E-state index >= 15 is 0 Å². The third-order valence-electron chi connectivity index (χ3n) is 3.78. The number of ether oxygens (including phenoxy) is 1. The molecule has 0 bridgehead atoms. The van der Waals surface area contributed by atoms with Crippen LogP contribution in [0.15, 0.2) is 35.2 Å². The summed E-state index contributed by atoms with van der Waals surface area (Å²) < 4.78 is 30.2. The molecule has 0 spiro atoms. The minimum atomic E-state index is -2.90. The molecule has 8 heteroatoms. The highest BCUT2D eigenvalue weighted by molar-refractivity contribution is 9.10. The lowest BCUT2D eigenvalue weighted by Crippen LogP contribution is -2.25. The topological polar surface area (TPSA) is 55.3 Å². The lowest BCUT2D eigenvalue weighted by molar-refractivity contribution is -0.131. The third-order valence-corrected chi connectivity index (χ3v) is 4.28. The van der Waals surface area contributed by atoms with Crippen molar-refractivity contribution in [1.82, 2.24) is 14.9 Å². The molecule has 1 aromatic heterocycles. The summed E-state index contributed by atoms with van der Waals surface area (Å²) in [5.41, 5.74) is 2.35. The van der Waals surface area contributed by atoms with Crippen LogP contribution < -0.4 is 4.74 Å². The van der Waals surface area contributed by atoms with Gasteiger partial charge in [0, 0.05) is 29.2 Å². The van der Waals surface area contributed by atoms with Gasteiger partial charge in [-0.15, -0.1) is 0 Å². The number of aryl methyl sites for hydroxylation is 1. The van der Waals surface area contributed by atoms with Crippen LogP contribution in [0.5, 0.6) is 5.75 Å². The van der Waals surface area contributed by atoms with E-state index in [-0.39, 0.29) is 18.1 Å². The van der Waals surface area contributed by atoms with E-state index in [4.69, 9.17) is 0 Å². The third kappa shape index (κ3) is 3.87. The fourth-order valence-corrected chi connectivity index (χ4v) is 3.04. The molecule has 0 saturated carbocycles. The van der Waals surface area contributed by atoms with E-state index in [1.807, 2.05) is 0 Å². The smallest absolute Gasteiger partial charge is 0.387 e. The van der Waals surface area contributed by atoms with Crippen molar-refractivity contribution < 1.29 is 18.3 Å². The van der Waals surface area contributed by atoms with Crippen molar-refractivity contribution in [2.75, 3.05) is 0 Å². The molecule has 1 aliphatic rings. The monoisotopic (exact) mass is 397 g/mol. The molecule has 2 aromatic rings. The van der Waals surface area contributed by atoms with Crippen molar-refractivity contribution in [2.24, 2.45) is 0 Å². The van der Waals surface area contributed by atoms with Gasteiger partial charge in [0.2, 0.25) is 5.91 Å². The number of carbonyl (C=O) groups excluding carboxylic acids is 1. The quantitative estimate of drug-likeness (QED) is 0.776. The standard InChI is InChI=1S/C16H14BrF2N3O2/c17-12-2-3-14(24-16(18)19)10(5-12)1-4-15(23)22-7-11-6-20-9-21-13(11)8-22/h2-3,5-6,9,16H,1,4,7-8H2. The summed E-state index contributed by atoms with van der Waals surface area (Å²) in [6.07, 6.45) is 3.69. The number of aromatic nitrogens is 2. The number of halogens is 3. The summed E-state index contributed by atoms with van der Waals surface area (Å²) in [5.74, 6) is 0.0348. The molecule has 0 saturated heterocycles. The van der Waals surface area contributed by atoms with Crippen molar-refractivity contribution in [3.8, 4) is 5.75 Å². The van der Waals surface area contributed by atoms with E-state index in [0.29, 0.717) is 25.1 Å². The van der Waals surface area contributed by atoms with Crippen molar-refractivity contribution in [3.05, 3.63) is 52.0 Å². The Morgan fingerprint density at radius 1 is 1.38 bits per heavy atom. The molecule has 3 rings (SSSR count). The number of carbonyl (C=O) groups is 1. The molecular formula is C16H14BrF2N3O2. The molecule has 2 heterocycles. The summed E-state index contributed by atoms with van der Waals surface area (Å²) in [6, 6.07) is 4.78. The molecule has 126 valence electrons. The van der Waals surface area contributed by atoms with Crippen LogP contribution >= 0.6 is 15.9 Å². The Morgan fingerprint density at radius 2 is 2.21 bits per heavy atom. The zero-order valence-corrected chi connectivity index (χ0v) is 14.2. The SMILES string of the molecule is O=C(CCc1cc(Br)ccc1OC(F)F)N1Cc2cncnc2C1. The van der Waals surface area contributed by atoms with Crippen molar-refractivity contribution in [1.29, 1.82) is 0 Å². The van der Waals surface area contributed by atoms with Gasteiger partial charge in [-0.25, -0.2) is 9.97 Å². The number of alkyl halides is 2. The molecule has 0 aliphatic carbocycles. The second kappa shape index (κ2) is 7.21. The second-order valence-corrected chi connectivity index (χ2v) is 6.29. The first-order chi connectivity index (χ1) is 11.5. The van der Waals surface area contributed by atoms with Gasteiger partial charge in [-0.05, 0) is 30.2 Å². The number of hydrogen-bond acceptors (Lipinski definition) is 4. The number of nitrogens with zero attached hydrogens (tertiary/aromatic N) is 3. The average Bonchev–Trinajstić information content (AvgIpc) is 2.98. The summed E-state index contributed by atoms with van der Waals surface area (Å²) >= 11 is 3.30. The molecule has 0 fully saturated rings. The average molecular weight is 398 g/mol. The van der Waals surface area contributed by atoms with E-state index in [2.05, 4.69) is 30.6 Å². The van der Waals surface area contributed by atoms with Crippen LogP contribution in [0, 0.1) is 0 Å². The second-order valence-electron chi connectivity index (χ2n) is 5.38. The van der Waals surface area contributed by atoms with Crippen LogP contribution in [-0.4, -0.2) is 27.4 Å².